The van der Waals surface area contributed by atoms with Gasteiger partial charge in [-0.25, -0.2) is 0 Å². The van der Waals surface area contributed by atoms with Crippen molar-refractivity contribution in [3.05, 3.63) is 150 Å². The van der Waals surface area contributed by atoms with Crippen molar-refractivity contribution in [3.8, 4) is 0 Å². The quantitative estimate of drug-likeness (QED) is 0.0550. The fourth-order valence-corrected chi connectivity index (χ4v) is 6.34. The van der Waals surface area contributed by atoms with Crippen molar-refractivity contribution in [2.75, 3.05) is 7.05 Å². The van der Waals surface area contributed by atoms with Gasteiger partial charge in [-0.15, -0.1) is 0 Å². The molecule has 7 aromatic rings. The molecular weight excluding hydrogens is 606 g/mol. The number of hydrogen-bond acceptors (Lipinski definition) is 5. The third-order valence-corrected chi connectivity index (χ3v) is 8.95. The second-order valence-corrected chi connectivity index (χ2v) is 12.0. The number of carbonyl (C=O) groups is 1. The SMILES string of the molecule is CN[C@H](Cc1c[nH]c2ccccc12)C(=N)N(Cc1cccc2ccccc12)C(=N)CCCc1c[nH]c2ccccc12.O=Cc1ccccn1. The molecule has 0 saturated heterocycles. The molecule has 3 heterocycles. The third kappa shape index (κ3) is 7.83. The minimum atomic E-state index is -0.238. The molecule has 0 amide bonds. The first-order valence-corrected chi connectivity index (χ1v) is 16.6. The van der Waals surface area contributed by atoms with Gasteiger partial charge < -0.3 is 20.2 Å². The summed E-state index contributed by atoms with van der Waals surface area (Å²) in [4.78, 5) is 22.3. The number of carbonyl (C=O) groups excluding carboxylic acids is 1. The molecule has 1 atom stereocenters. The molecule has 0 spiro atoms. The summed E-state index contributed by atoms with van der Waals surface area (Å²) in [5.74, 6) is 0.893. The van der Waals surface area contributed by atoms with Gasteiger partial charge in [-0.05, 0) is 78.0 Å². The van der Waals surface area contributed by atoms with Gasteiger partial charge in [0.25, 0.3) is 0 Å². The zero-order valence-corrected chi connectivity index (χ0v) is 27.6. The van der Waals surface area contributed by atoms with Gasteiger partial charge in [0.2, 0.25) is 0 Å². The minimum absolute atomic E-state index is 0.238. The average Bonchev–Trinajstić information content (AvgIpc) is 3.77. The number of amidine groups is 2. The van der Waals surface area contributed by atoms with Gasteiger partial charge in [0.1, 0.15) is 17.4 Å². The van der Waals surface area contributed by atoms with E-state index in [1.54, 1.807) is 24.4 Å². The van der Waals surface area contributed by atoms with Gasteiger partial charge in [0.15, 0.2) is 6.29 Å². The Labute approximate surface area is 286 Å². The predicted octanol–water partition coefficient (Wildman–Crippen LogP) is 8.31. The van der Waals surface area contributed by atoms with Crippen molar-refractivity contribution in [1.82, 2.24) is 25.2 Å². The summed E-state index contributed by atoms with van der Waals surface area (Å²) in [5.41, 5.74) is 6.29. The van der Waals surface area contributed by atoms with E-state index in [0.717, 1.165) is 41.1 Å². The fraction of sp³-hybridized carbons (Fsp3) is 0.171. The highest BCUT2D eigenvalue weighted by atomic mass is 16.1. The Bertz CT molecular complexity index is 2180. The Balaban J connectivity index is 0.000000459. The summed E-state index contributed by atoms with van der Waals surface area (Å²) in [5, 5.41) is 26.7. The van der Waals surface area contributed by atoms with Crippen LogP contribution in [0.5, 0.6) is 0 Å². The number of aromatic amines is 2. The van der Waals surface area contributed by atoms with Crippen molar-refractivity contribution >= 4 is 50.5 Å². The number of aromatic nitrogens is 3. The number of hydrogen-bond donors (Lipinski definition) is 5. The first-order chi connectivity index (χ1) is 24.1. The molecule has 8 nitrogen and oxygen atoms in total. The maximum atomic E-state index is 9.94. The number of nitrogens with one attached hydrogen (secondary N) is 5. The molecule has 0 unspecified atom stereocenters. The summed E-state index contributed by atoms with van der Waals surface area (Å²) in [6, 6.07) is 36.3. The summed E-state index contributed by atoms with van der Waals surface area (Å²) in [7, 11) is 1.91. The fourth-order valence-electron chi connectivity index (χ4n) is 6.34. The smallest absolute Gasteiger partial charge is 0.168 e. The van der Waals surface area contributed by atoms with Crippen LogP contribution in [-0.2, 0) is 19.4 Å². The van der Waals surface area contributed by atoms with Crippen LogP contribution < -0.4 is 5.32 Å². The van der Waals surface area contributed by atoms with Crippen molar-refractivity contribution in [3.63, 3.8) is 0 Å². The van der Waals surface area contributed by atoms with E-state index in [1.165, 1.54) is 27.3 Å². The van der Waals surface area contributed by atoms with Gasteiger partial charge in [0.05, 0.1) is 12.6 Å². The number of likely N-dealkylation sites (N-methyl/N-ethyl adjacent to an activating group) is 1. The van der Waals surface area contributed by atoms with E-state index < -0.39 is 0 Å². The van der Waals surface area contributed by atoms with Crippen LogP contribution in [0.3, 0.4) is 0 Å². The summed E-state index contributed by atoms with van der Waals surface area (Å²) in [6.45, 7) is 0.484. The Hall–Kier alpha value is -5.86. The highest BCUT2D eigenvalue weighted by Crippen LogP contribution is 2.24. The van der Waals surface area contributed by atoms with E-state index in [2.05, 4.69) is 105 Å². The van der Waals surface area contributed by atoms with Gasteiger partial charge >= 0.3 is 0 Å². The van der Waals surface area contributed by atoms with Crippen LogP contribution in [0.25, 0.3) is 32.6 Å². The van der Waals surface area contributed by atoms with Crippen LogP contribution in [0.15, 0.2) is 128 Å². The standard InChI is InChI=1S/C35H36N6.C6H5NO/c1-38-33(20-27-22-40-32-18-7-5-16-30(27)32)35(37)41(23-26-13-8-11-24-10-2-3-14-28(24)26)34(36)19-9-12-25-21-39-31-17-6-4-15-29(25)31;8-5-6-3-1-2-4-7-6/h2-8,10-11,13-18,21-22,33,36-40H,9,12,19-20,23H2,1H3;1-5H/t33-;/m1./s1. The number of benzene rings is 4. The zero-order chi connectivity index (χ0) is 34.0. The number of aryl methyl sites for hydroxylation is 1. The first kappa shape index (κ1) is 33.1. The van der Waals surface area contributed by atoms with Crippen molar-refractivity contribution in [2.24, 2.45) is 0 Å². The summed E-state index contributed by atoms with van der Waals surface area (Å²) >= 11 is 0. The number of rotatable bonds is 11. The van der Waals surface area contributed by atoms with E-state index in [4.69, 9.17) is 0 Å². The van der Waals surface area contributed by atoms with Crippen molar-refractivity contribution in [1.29, 1.82) is 10.8 Å². The van der Waals surface area contributed by atoms with Crippen LogP contribution in [0.4, 0.5) is 0 Å². The predicted molar refractivity (Wildman–Crippen MR) is 201 cm³/mol. The normalized spacial score (nSPS) is 11.6. The topological polar surface area (TPSA) is 125 Å². The molecule has 0 radical (unpaired) electrons. The summed E-state index contributed by atoms with van der Waals surface area (Å²) in [6.07, 6.45) is 9.42. The van der Waals surface area contributed by atoms with Gasteiger partial charge in [-0.3, -0.25) is 20.6 Å². The lowest BCUT2D eigenvalue weighted by molar-refractivity contribution is 0.111. The lowest BCUT2D eigenvalue weighted by Crippen LogP contribution is -2.48. The molecule has 0 aliphatic rings. The number of pyridine rings is 1. The lowest BCUT2D eigenvalue weighted by atomic mass is 10.0. The second kappa shape index (κ2) is 15.8. The maximum absolute atomic E-state index is 9.94. The molecule has 4 aromatic carbocycles. The monoisotopic (exact) mass is 647 g/mol. The molecule has 8 heteroatoms. The lowest BCUT2D eigenvalue weighted by Gasteiger charge is -2.31. The van der Waals surface area contributed by atoms with Crippen LogP contribution in [-0.4, -0.2) is 50.9 Å². The maximum Gasteiger partial charge on any atom is 0.168 e. The van der Waals surface area contributed by atoms with E-state index in [1.807, 2.05) is 30.3 Å². The van der Waals surface area contributed by atoms with Crippen molar-refractivity contribution < 1.29 is 4.79 Å². The molecular formula is C41H41N7O. The largest absolute Gasteiger partial charge is 0.361 e. The molecule has 3 aromatic heterocycles. The van der Waals surface area contributed by atoms with E-state index in [0.29, 0.717) is 36.8 Å². The summed E-state index contributed by atoms with van der Waals surface area (Å²) < 4.78 is 0. The molecule has 0 fully saturated rings. The highest BCUT2D eigenvalue weighted by molar-refractivity contribution is 6.01. The van der Waals surface area contributed by atoms with Crippen LogP contribution >= 0.6 is 0 Å². The highest BCUT2D eigenvalue weighted by Gasteiger charge is 2.24. The van der Waals surface area contributed by atoms with Crippen LogP contribution in [0, 0.1) is 10.8 Å². The van der Waals surface area contributed by atoms with Gasteiger partial charge in [-0.2, -0.15) is 0 Å². The van der Waals surface area contributed by atoms with E-state index in [9.17, 15) is 15.6 Å². The first-order valence-electron chi connectivity index (χ1n) is 16.6. The number of H-pyrrole nitrogens is 2. The molecule has 49 heavy (non-hydrogen) atoms. The molecule has 5 N–H and O–H groups in total. The zero-order valence-electron chi connectivity index (χ0n) is 27.6. The van der Waals surface area contributed by atoms with Crippen molar-refractivity contribution in [2.45, 2.75) is 38.3 Å². The Morgan fingerprint density at radius 3 is 2.08 bits per heavy atom. The number of para-hydroxylation sites is 2. The van der Waals surface area contributed by atoms with Crippen LogP contribution in [0.1, 0.15) is 40.0 Å². The molecule has 246 valence electrons. The second-order valence-electron chi connectivity index (χ2n) is 12.0. The van der Waals surface area contributed by atoms with Gasteiger partial charge in [0, 0.05) is 46.8 Å². The molecule has 0 bridgehead atoms. The number of fused-ring (bicyclic) bond motifs is 3. The van der Waals surface area contributed by atoms with E-state index >= 15 is 0 Å². The third-order valence-electron chi connectivity index (χ3n) is 8.95. The average molecular weight is 648 g/mol. The molecule has 0 saturated carbocycles. The Kier molecular flexibility index (Phi) is 10.7. The van der Waals surface area contributed by atoms with Crippen LogP contribution in [0.2, 0.25) is 0 Å². The minimum Gasteiger partial charge on any atom is -0.361 e. The molecule has 7 rings (SSSR count). The molecule has 0 aliphatic heterocycles. The van der Waals surface area contributed by atoms with E-state index in [-0.39, 0.29) is 6.04 Å². The number of aldehydes is 1. The Morgan fingerprint density at radius 2 is 1.41 bits per heavy atom. The Morgan fingerprint density at radius 1 is 0.776 bits per heavy atom. The number of nitrogens with zero attached hydrogens (tertiary/aromatic N) is 2. The molecule has 0 aliphatic carbocycles. The van der Waals surface area contributed by atoms with Gasteiger partial charge in [-0.1, -0.05) is 84.9 Å².